The number of primary amides is 1. The Kier molecular flexibility index (Phi) is 4.22. The maximum Gasteiger partial charge on any atom is 0.272 e. The van der Waals surface area contributed by atoms with E-state index >= 15 is 0 Å². The van der Waals surface area contributed by atoms with Crippen LogP contribution in [-0.4, -0.2) is 33.0 Å². The van der Waals surface area contributed by atoms with E-state index in [0.717, 1.165) is 5.56 Å². The Morgan fingerprint density at radius 1 is 1.29 bits per heavy atom. The van der Waals surface area contributed by atoms with Crippen molar-refractivity contribution in [2.75, 3.05) is 12.3 Å². The molecule has 0 bridgehead atoms. The highest BCUT2D eigenvalue weighted by Gasteiger charge is 2.21. The summed E-state index contributed by atoms with van der Waals surface area (Å²) in [6, 6.07) is 8.76. The summed E-state index contributed by atoms with van der Waals surface area (Å²) in [7, 11) is 1.66. The fourth-order valence-corrected chi connectivity index (χ4v) is 2.02. The monoisotopic (exact) mass is 287 g/mol. The van der Waals surface area contributed by atoms with E-state index in [-0.39, 0.29) is 19.0 Å². The van der Waals surface area contributed by atoms with Crippen LogP contribution in [-0.2, 0) is 18.4 Å². The minimum Gasteiger partial charge on any atom is -0.398 e. The van der Waals surface area contributed by atoms with Crippen molar-refractivity contribution in [1.82, 2.24) is 14.7 Å². The third kappa shape index (κ3) is 3.38. The number of nitrogen functional groups attached to an aromatic ring is 1. The molecule has 2 amide bonds. The van der Waals surface area contributed by atoms with Crippen LogP contribution >= 0.6 is 0 Å². The molecule has 1 aromatic carbocycles. The Bertz CT molecular complexity index is 665. The summed E-state index contributed by atoms with van der Waals surface area (Å²) in [5.41, 5.74) is 12.8. The molecule has 4 N–H and O–H groups in total. The van der Waals surface area contributed by atoms with Gasteiger partial charge in [-0.25, -0.2) is 0 Å². The Hall–Kier alpha value is -2.83. The van der Waals surface area contributed by atoms with Crippen LogP contribution in [0.2, 0.25) is 0 Å². The molecule has 0 radical (unpaired) electrons. The van der Waals surface area contributed by atoms with Gasteiger partial charge < -0.3 is 16.4 Å². The highest BCUT2D eigenvalue weighted by atomic mass is 16.2. The highest BCUT2D eigenvalue weighted by molar-refractivity contribution is 5.94. The van der Waals surface area contributed by atoms with Gasteiger partial charge in [0.2, 0.25) is 5.91 Å². The van der Waals surface area contributed by atoms with E-state index in [1.165, 1.54) is 15.8 Å². The number of para-hydroxylation sites is 1. The number of nitrogens with two attached hydrogens (primary N) is 2. The van der Waals surface area contributed by atoms with Crippen LogP contribution in [0.25, 0.3) is 0 Å². The molecule has 0 spiro atoms. The molecular formula is C14H17N5O2. The number of carbonyl (C=O) groups is 2. The van der Waals surface area contributed by atoms with Gasteiger partial charge in [-0.1, -0.05) is 18.2 Å². The van der Waals surface area contributed by atoms with Gasteiger partial charge in [-0.05, 0) is 17.7 Å². The first kappa shape index (κ1) is 14.6. The molecule has 2 aromatic rings. The molecular weight excluding hydrogens is 270 g/mol. The SMILES string of the molecule is Cn1nccc1C(=O)N(CC(N)=O)Cc1ccccc1N. The van der Waals surface area contributed by atoms with Crippen LogP contribution in [0.15, 0.2) is 36.5 Å². The first-order chi connectivity index (χ1) is 9.99. The third-order valence-electron chi connectivity index (χ3n) is 3.09. The number of hydrogen-bond donors (Lipinski definition) is 2. The van der Waals surface area contributed by atoms with Crippen molar-refractivity contribution in [3.8, 4) is 0 Å². The third-order valence-corrected chi connectivity index (χ3v) is 3.09. The molecule has 0 atom stereocenters. The van der Waals surface area contributed by atoms with Crippen LogP contribution in [0, 0.1) is 0 Å². The van der Waals surface area contributed by atoms with Crippen LogP contribution in [0.3, 0.4) is 0 Å². The quantitative estimate of drug-likeness (QED) is 0.762. The normalized spacial score (nSPS) is 10.3. The highest BCUT2D eigenvalue weighted by Crippen LogP contribution is 2.15. The zero-order chi connectivity index (χ0) is 15.4. The van der Waals surface area contributed by atoms with E-state index < -0.39 is 5.91 Å². The van der Waals surface area contributed by atoms with Gasteiger partial charge in [0.1, 0.15) is 12.2 Å². The van der Waals surface area contributed by atoms with Gasteiger partial charge in [0.15, 0.2) is 0 Å². The van der Waals surface area contributed by atoms with Gasteiger partial charge in [-0.15, -0.1) is 0 Å². The van der Waals surface area contributed by atoms with Crippen molar-refractivity contribution in [3.63, 3.8) is 0 Å². The fraction of sp³-hybridized carbons (Fsp3) is 0.214. The first-order valence-electron chi connectivity index (χ1n) is 6.38. The molecule has 0 saturated carbocycles. The number of aromatic nitrogens is 2. The predicted molar refractivity (Wildman–Crippen MR) is 78.0 cm³/mol. The molecule has 0 fully saturated rings. The van der Waals surface area contributed by atoms with Crippen molar-refractivity contribution in [3.05, 3.63) is 47.8 Å². The summed E-state index contributed by atoms with van der Waals surface area (Å²) in [6.07, 6.45) is 1.52. The minimum atomic E-state index is -0.583. The maximum absolute atomic E-state index is 12.5. The van der Waals surface area contributed by atoms with Gasteiger partial charge >= 0.3 is 0 Å². The van der Waals surface area contributed by atoms with Gasteiger partial charge in [-0.3, -0.25) is 14.3 Å². The number of carbonyl (C=O) groups excluding carboxylic acids is 2. The molecule has 7 nitrogen and oxygen atoms in total. The number of amides is 2. The lowest BCUT2D eigenvalue weighted by Gasteiger charge is -2.22. The average Bonchev–Trinajstić information content (AvgIpc) is 2.85. The largest absolute Gasteiger partial charge is 0.398 e. The fourth-order valence-electron chi connectivity index (χ4n) is 2.02. The topological polar surface area (TPSA) is 107 Å². The molecule has 110 valence electrons. The summed E-state index contributed by atoms with van der Waals surface area (Å²) >= 11 is 0. The molecule has 0 aliphatic rings. The molecule has 0 aliphatic carbocycles. The van der Waals surface area contributed by atoms with Gasteiger partial charge in [0, 0.05) is 25.5 Å². The standard InChI is InChI=1S/C14H17N5O2/c1-18-12(6-7-17-18)14(21)19(9-13(16)20)8-10-4-2-3-5-11(10)15/h2-7H,8-9,15H2,1H3,(H2,16,20). The molecule has 0 unspecified atom stereocenters. The second kappa shape index (κ2) is 6.08. The summed E-state index contributed by atoms with van der Waals surface area (Å²) in [4.78, 5) is 25.1. The number of aryl methyl sites for hydroxylation is 1. The van der Waals surface area contributed by atoms with Crippen LogP contribution < -0.4 is 11.5 Å². The molecule has 7 heteroatoms. The smallest absolute Gasteiger partial charge is 0.272 e. The lowest BCUT2D eigenvalue weighted by molar-refractivity contribution is -0.118. The molecule has 0 saturated heterocycles. The second-order valence-corrected chi connectivity index (χ2v) is 4.67. The summed E-state index contributed by atoms with van der Waals surface area (Å²) in [5, 5.41) is 3.95. The van der Waals surface area contributed by atoms with Gasteiger partial charge in [0.05, 0.1) is 0 Å². The number of nitrogens with zero attached hydrogens (tertiary/aromatic N) is 3. The first-order valence-corrected chi connectivity index (χ1v) is 6.38. The maximum atomic E-state index is 12.5. The van der Waals surface area contributed by atoms with Crippen LogP contribution in [0.4, 0.5) is 5.69 Å². The van der Waals surface area contributed by atoms with E-state index in [1.807, 2.05) is 6.07 Å². The van der Waals surface area contributed by atoms with Crippen LogP contribution in [0.1, 0.15) is 16.1 Å². The van der Waals surface area contributed by atoms with Gasteiger partial charge in [0.25, 0.3) is 5.91 Å². The van der Waals surface area contributed by atoms with E-state index in [2.05, 4.69) is 5.10 Å². The van der Waals surface area contributed by atoms with Crippen molar-refractivity contribution in [1.29, 1.82) is 0 Å². The Morgan fingerprint density at radius 2 is 2.00 bits per heavy atom. The number of rotatable bonds is 5. The Balaban J connectivity index is 2.27. The predicted octanol–water partition coefficient (Wildman–Crippen LogP) is 0.130. The summed E-state index contributed by atoms with van der Waals surface area (Å²) in [5.74, 6) is -0.905. The number of hydrogen-bond acceptors (Lipinski definition) is 4. The zero-order valence-corrected chi connectivity index (χ0v) is 11.7. The number of anilines is 1. The second-order valence-electron chi connectivity index (χ2n) is 4.67. The van der Waals surface area contributed by atoms with E-state index in [4.69, 9.17) is 11.5 Å². The molecule has 1 heterocycles. The van der Waals surface area contributed by atoms with E-state index in [1.54, 1.807) is 31.3 Å². The van der Waals surface area contributed by atoms with Crippen molar-refractivity contribution in [2.45, 2.75) is 6.54 Å². The lowest BCUT2D eigenvalue weighted by Crippen LogP contribution is -2.38. The summed E-state index contributed by atoms with van der Waals surface area (Å²) in [6.45, 7) is 0.0258. The summed E-state index contributed by atoms with van der Waals surface area (Å²) < 4.78 is 1.45. The molecule has 2 rings (SSSR count). The molecule has 21 heavy (non-hydrogen) atoms. The van der Waals surface area contributed by atoms with E-state index in [9.17, 15) is 9.59 Å². The Morgan fingerprint density at radius 3 is 2.57 bits per heavy atom. The molecule has 1 aromatic heterocycles. The average molecular weight is 287 g/mol. The van der Waals surface area contributed by atoms with Crippen molar-refractivity contribution < 1.29 is 9.59 Å². The Labute approximate surface area is 122 Å². The van der Waals surface area contributed by atoms with Crippen LogP contribution in [0.5, 0.6) is 0 Å². The lowest BCUT2D eigenvalue weighted by atomic mass is 10.1. The zero-order valence-electron chi connectivity index (χ0n) is 11.7. The number of benzene rings is 1. The minimum absolute atomic E-state index is 0.182. The van der Waals surface area contributed by atoms with E-state index in [0.29, 0.717) is 11.4 Å². The van der Waals surface area contributed by atoms with Gasteiger partial charge in [-0.2, -0.15) is 5.10 Å². The van der Waals surface area contributed by atoms with Crippen molar-refractivity contribution >= 4 is 17.5 Å². The molecule has 0 aliphatic heterocycles. The van der Waals surface area contributed by atoms with Crippen molar-refractivity contribution in [2.24, 2.45) is 12.8 Å².